The first-order valence-corrected chi connectivity index (χ1v) is 6.37. The summed E-state index contributed by atoms with van der Waals surface area (Å²) in [5.41, 5.74) is 7.23. The summed E-state index contributed by atoms with van der Waals surface area (Å²) in [5.74, 6) is 0.801. The number of hydrogen-bond acceptors (Lipinski definition) is 6. The van der Waals surface area contributed by atoms with Gasteiger partial charge in [-0.1, -0.05) is 12.1 Å². The molecule has 0 aliphatic carbocycles. The van der Waals surface area contributed by atoms with Crippen LogP contribution in [0.4, 0.5) is 17.5 Å². The molecule has 7 nitrogen and oxygen atoms in total. The molecule has 7 heteroatoms. The van der Waals surface area contributed by atoms with Gasteiger partial charge in [0, 0.05) is 23.5 Å². The maximum Gasteiger partial charge on any atom is 0.224 e. The van der Waals surface area contributed by atoms with Gasteiger partial charge in [-0.25, -0.2) is 0 Å². The van der Waals surface area contributed by atoms with Crippen molar-refractivity contribution in [2.24, 2.45) is 0 Å². The zero-order valence-corrected chi connectivity index (χ0v) is 10.9. The fourth-order valence-electron chi connectivity index (χ4n) is 2.30. The van der Waals surface area contributed by atoms with Crippen LogP contribution >= 0.6 is 0 Å². The fourth-order valence-corrected chi connectivity index (χ4v) is 2.30. The Morgan fingerprint density at radius 2 is 2.00 bits per heavy atom. The number of nitrogens with zero attached hydrogens (tertiary/aromatic N) is 4. The van der Waals surface area contributed by atoms with E-state index in [-0.39, 0.29) is 5.95 Å². The molecule has 4 rings (SSSR count). The topological polar surface area (TPSA) is 105 Å². The minimum atomic E-state index is 0.188. The van der Waals surface area contributed by atoms with Crippen molar-refractivity contribution in [3.8, 4) is 0 Å². The summed E-state index contributed by atoms with van der Waals surface area (Å²) >= 11 is 0. The second kappa shape index (κ2) is 4.41. The molecular formula is C14H11N7. The molecule has 0 saturated carbocycles. The zero-order chi connectivity index (χ0) is 14.2. The summed E-state index contributed by atoms with van der Waals surface area (Å²) < 4.78 is 0. The van der Waals surface area contributed by atoms with Gasteiger partial charge < -0.3 is 11.1 Å². The van der Waals surface area contributed by atoms with E-state index in [2.05, 4.69) is 30.5 Å². The normalized spacial score (nSPS) is 11.0. The Bertz CT molecular complexity index is 939. The number of nitrogen functional groups attached to an aromatic ring is 1. The number of H-pyrrole nitrogens is 1. The van der Waals surface area contributed by atoms with E-state index in [0.717, 1.165) is 21.8 Å². The van der Waals surface area contributed by atoms with Gasteiger partial charge in [0.2, 0.25) is 5.95 Å². The molecule has 0 amide bonds. The molecule has 0 saturated heterocycles. The Morgan fingerprint density at radius 1 is 1.05 bits per heavy atom. The van der Waals surface area contributed by atoms with Gasteiger partial charge in [0.1, 0.15) is 5.82 Å². The molecule has 1 aromatic carbocycles. The predicted molar refractivity (Wildman–Crippen MR) is 81.1 cm³/mol. The molecule has 0 unspecified atom stereocenters. The number of anilines is 3. The van der Waals surface area contributed by atoms with Gasteiger partial charge in [-0.3, -0.25) is 10.1 Å². The number of rotatable bonds is 2. The number of benzene rings is 1. The largest absolute Gasteiger partial charge is 0.368 e. The number of nitrogens with two attached hydrogens (primary N) is 1. The van der Waals surface area contributed by atoms with Crippen LogP contribution in [0.3, 0.4) is 0 Å². The summed E-state index contributed by atoms with van der Waals surface area (Å²) in [5, 5.41) is 12.9. The summed E-state index contributed by atoms with van der Waals surface area (Å²) in [4.78, 5) is 12.5. The third kappa shape index (κ3) is 1.91. The number of hydrogen-bond donors (Lipinski definition) is 3. The summed E-state index contributed by atoms with van der Waals surface area (Å²) in [6.07, 6.45) is 5.25. The average Bonchev–Trinajstić information content (AvgIpc) is 2.96. The Kier molecular flexibility index (Phi) is 2.43. The molecular weight excluding hydrogens is 266 g/mol. The lowest BCUT2D eigenvalue weighted by atomic mass is 10.1. The van der Waals surface area contributed by atoms with Gasteiger partial charge in [0.15, 0.2) is 5.65 Å². The molecule has 0 aliphatic heterocycles. The SMILES string of the molecule is Nc1nc(Nc2cccc3ccncc23)c2cn[nH]c2n1. The van der Waals surface area contributed by atoms with Crippen LogP contribution in [-0.4, -0.2) is 25.1 Å². The molecule has 0 fully saturated rings. The van der Waals surface area contributed by atoms with Gasteiger partial charge in [-0.05, 0) is 17.5 Å². The lowest BCUT2D eigenvalue weighted by Crippen LogP contribution is -2.01. The number of aromatic nitrogens is 5. The van der Waals surface area contributed by atoms with E-state index < -0.39 is 0 Å². The van der Waals surface area contributed by atoms with Crippen LogP contribution in [0.5, 0.6) is 0 Å². The van der Waals surface area contributed by atoms with E-state index in [9.17, 15) is 0 Å². The third-order valence-electron chi connectivity index (χ3n) is 3.26. The van der Waals surface area contributed by atoms with Crippen molar-refractivity contribution in [3.63, 3.8) is 0 Å². The highest BCUT2D eigenvalue weighted by Gasteiger charge is 2.09. The second-order valence-electron chi connectivity index (χ2n) is 4.59. The first-order chi connectivity index (χ1) is 10.3. The Hall–Kier alpha value is -3.22. The van der Waals surface area contributed by atoms with Crippen LogP contribution in [-0.2, 0) is 0 Å². The van der Waals surface area contributed by atoms with Crippen molar-refractivity contribution in [1.82, 2.24) is 25.1 Å². The Morgan fingerprint density at radius 3 is 2.95 bits per heavy atom. The van der Waals surface area contributed by atoms with E-state index in [0.29, 0.717) is 11.5 Å². The molecule has 102 valence electrons. The molecule has 0 radical (unpaired) electrons. The van der Waals surface area contributed by atoms with Crippen molar-refractivity contribution in [2.75, 3.05) is 11.1 Å². The molecule has 3 heterocycles. The Labute approximate surface area is 119 Å². The minimum absolute atomic E-state index is 0.188. The molecule has 0 bridgehead atoms. The van der Waals surface area contributed by atoms with Crippen molar-refractivity contribution in [2.45, 2.75) is 0 Å². The average molecular weight is 277 g/mol. The first-order valence-electron chi connectivity index (χ1n) is 6.37. The van der Waals surface area contributed by atoms with E-state index in [1.807, 2.05) is 30.5 Å². The Balaban J connectivity index is 1.89. The van der Waals surface area contributed by atoms with Gasteiger partial charge in [-0.15, -0.1) is 0 Å². The molecule has 0 spiro atoms. The minimum Gasteiger partial charge on any atom is -0.368 e. The van der Waals surface area contributed by atoms with E-state index in [4.69, 9.17) is 5.73 Å². The predicted octanol–water partition coefficient (Wildman–Crippen LogP) is 2.23. The summed E-state index contributed by atoms with van der Waals surface area (Å²) in [6, 6.07) is 7.93. The van der Waals surface area contributed by atoms with E-state index in [1.165, 1.54) is 0 Å². The van der Waals surface area contributed by atoms with Crippen molar-refractivity contribution in [3.05, 3.63) is 42.9 Å². The summed E-state index contributed by atoms with van der Waals surface area (Å²) in [7, 11) is 0. The van der Waals surface area contributed by atoms with E-state index in [1.54, 1.807) is 12.4 Å². The first kappa shape index (κ1) is 11.6. The van der Waals surface area contributed by atoms with Crippen molar-refractivity contribution in [1.29, 1.82) is 0 Å². The highest BCUT2D eigenvalue weighted by Crippen LogP contribution is 2.28. The molecule has 3 aromatic heterocycles. The van der Waals surface area contributed by atoms with Crippen molar-refractivity contribution >= 4 is 39.3 Å². The maximum absolute atomic E-state index is 5.73. The third-order valence-corrected chi connectivity index (χ3v) is 3.26. The van der Waals surface area contributed by atoms with Crippen LogP contribution in [0.15, 0.2) is 42.9 Å². The standard InChI is InChI=1S/C14H11N7/c15-14-19-12(10-7-17-21-13(10)20-14)18-11-3-1-2-8-4-5-16-6-9(8)11/h1-7H,(H4,15,17,18,19,20,21). The number of aromatic amines is 1. The fraction of sp³-hybridized carbons (Fsp3) is 0. The van der Waals surface area contributed by atoms with Crippen LogP contribution in [0.25, 0.3) is 21.8 Å². The van der Waals surface area contributed by atoms with Gasteiger partial charge in [-0.2, -0.15) is 15.1 Å². The van der Waals surface area contributed by atoms with Gasteiger partial charge >= 0.3 is 0 Å². The number of nitrogens with one attached hydrogen (secondary N) is 2. The smallest absolute Gasteiger partial charge is 0.224 e. The van der Waals surface area contributed by atoms with Crippen LogP contribution < -0.4 is 11.1 Å². The van der Waals surface area contributed by atoms with Crippen LogP contribution in [0, 0.1) is 0 Å². The van der Waals surface area contributed by atoms with Crippen molar-refractivity contribution < 1.29 is 0 Å². The molecule has 4 aromatic rings. The molecule has 0 aliphatic rings. The zero-order valence-electron chi connectivity index (χ0n) is 10.9. The highest BCUT2D eigenvalue weighted by atomic mass is 15.2. The molecule has 0 atom stereocenters. The van der Waals surface area contributed by atoms with Gasteiger partial charge in [0.25, 0.3) is 0 Å². The maximum atomic E-state index is 5.73. The van der Waals surface area contributed by atoms with E-state index >= 15 is 0 Å². The highest BCUT2D eigenvalue weighted by molar-refractivity contribution is 5.97. The van der Waals surface area contributed by atoms with Gasteiger partial charge in [0.05, 0.1) is 11.6 Å². The second-order valence-corrected chi connectivity index (χ2v) is 4.59. The monoisotopic (exact) mass is 277 g/mol. The lowest BCUT2D eigenvalue weighted by molar-refractivity contribution is 1.09. The molecule has 21 heavy (non-hydrogen) atoms. The van der Waals surface area contributed by atoms with Crippen LogP contribution in [0.2, 0.25) is 0 Å². The lowest BCUT2D eigenvalue weighted by Gasteiger charge is -2.09. The molecule has 4 N–H and O–H groups in total. The number of pyridine rings is 1. The number of fused-ring (bicyclic) bond motifs is 2. The van der Waals surface area contributed by atoms with Crippen LogP contribution in [0.1, 0.15) is 0 Å². The summed E-state index contributed by atoms with van der Waals surface area (Å²) in [6.45, 7) is 0. The quantitative estimate of drug-likeness (QED) is 0.519.